The molecule has 1 aromatic carbocycles. The van der Waals surface area contributed by atoms with Gasteiger partial charge in [0.25, 0.3) is 5.91 Å². The van der Waals surface area contributed by atoms with E-state index in [0.717, 1.165) is 28.4 Å². The Kier molecular flexibility index (Phi) is 5.60. The first kappa shape index (κ1) is 18.7. The van der Waals surface area contributed by atoms with Crippen molar-refractivity contribution in [2.75, 3.05) is 20.2 Å². The summed E-state index contributed by atoms with van der Waals surface area (Å²) in [6, 6.07) is 13.7. The molecule has 0 atom stereocenters. The molecule has 140 valence electrons. The van der Waals surface area contributed by atoms with Gasteiger partial charge in [0.1, 0.15) is 12.4 Å². The van der Waals surface area contributed by atoms with E-state index >= 15 is 0 Å². The summed E-state index contributed by atoms with van der Waals surface area (Å²) >= 11 is 0. The molecule has 27 heavy (non-hydrogen) atoms. The first-order valence-corrected chi connectivity index (χ1v) is 9.02. The Labute approximate surface area is 160 Å². The van der Waals surface area contributed by atoms with Crippen LogP contribution >= 0.6 is 0 Å². The Morgan fingerprint density at radius 3 is 2.63 bits per heavy atom. The van der Waals surface area contributed by atoms with Gasteiger partial charge in [-0.1, -0.05) is 18.2 Å². The maximum Gasteiger partial charge on any atom is 0.255 e. The minimum absolute atomic E-state index is 0.00776. The fourth-order valence-electron chi connectivity index (χ4n) is 3.18. The lowest BCUT2D eigenvalue weighted by atomic mass is 10.2. The number of ether oxygens (including phenoxy) is 1. The minimum atomic E-state index is -0.00776. The van der Waals surface area contributed by atoms with Gasteiger partial charge in [-0.2, -0.15) is 0 Å². The van der Waals surface area contributed by atoms with E-state index in [0.29, 0.717) is 18.7 Å². The quantitative estimate of drug-likeness (QED) is 0.666. The maximum absolute atomic E-state index is 12.9. The van der Waals surface area contributed by atoms with Crippen molar-refractivity contribution in [3.8, 4) is 11.4 Å². The van der Waals surface area contributed by atoms with Crippen LogP contribution in [0.4, 0.5) is 0 Å². The molecule has 3 aromatic rings. The van der Waals surface area contributed by atoms with E-state index in [1.165, 1.54) is 0 Å². The molecule has 0 aliphatic rings. The van der Waals surface area contributed by atoms with Crippen LogP contribution in [0.2, 0.25) is 0 Å². The Morgan fingerprint density at radius 1 is 1.15 bits per heavy atom. The Morgan fingerprint density at radius 2 is 1.93 bits per heavy atom. The Bertz CT molecular complexity index is 932. The third-order valence-corrected chi connectivity index (χ3v) is 4.69. The number of likely N-dealkylation sites (N-methyl/N-ethyl adjacent to an activating group) is 1. The third kappa shape index (κ3) is 4.03. The van der Waals surface area contributed by atoms with E-state index in [1.54, 1.807) is 24.3 Å². The predicted molar refractivity (Wildman–Crippen MR) is 107 cm³/mol. The van der Waals surface area contributed by atoms with Gasteiger partial charge in [0.15, 0.2) is 0 Å². The number of pyridine rings is 1. The summed E-state index contributed by atoms with van der Waals surface area (Å²) in [5, 5.41) is 0. The van der Waals surface area contributed by atoms with Gasteiger partial charge in [0, 0.05) is 24.6 Å². The van der Waals surface area contributed by atoms with Gasteiger partial charge in [-0.25, -0.2) is 0 Å². The second kappa shape index (κ2) is 8.08. The van der Waals surface area contributed by atoms with Crippen molar-refractivity contribution in [3.05, 3.63) is 77.4 Å². The molecule has 0 aliphatic heterocycles. The molecule has 0 saturated carbocycles. The van der Waals surface area contributed by atoms with Crippen molar-refractivity contribution in [2.24, 2.45) is 0 Å². The highest BCUT2D eigenvalue weighted by atomic mass is 16.5. The highest BCUT2D eigenvalue weighted by Crippen LogP contribution is 2.21. The number of hydrogen-bond acceptors (Lipinski definition) is 3. The zero-order chi connectivity index (χ0) is 19.4. The molecular weight excluding hydrogens is 338 g/mol. The molecule has 2 aromatic heterocycles. The second-order valence-electron chi connectivity index (χ2n) is 6.67. The van der Waals surface area contributed by atoms with Gasteiger partial charge >= 0.3 is 0 Å². The Balaban J connectivity index is 1.69. The smallest absolute Gasteiger partial charge is 0.255 e. The minimum Gasteiger partial charge on any atom is -0.491 e. The van der Waals surface area contributed by atoms with E-state index < -0.39 is 0 Å². The van der Waals surface area contributed by atoms with Crippen molar-refractivity contribution < 1.29 is 9.53 Å². The molecule has 0 aliphatic carbocycles. The number of rotatable bonds is 6. The fourth-order valence-corrected chi connectivity index (χ4v) is 3.18. The van der Waals surface area contributed by atoms with Crippen molar-refractivity contribution >= 4 is 5.91 Å². The molecule has 0 radical (unpaired) electrons. The normalized spacial score (nSPS) is 10.7. The highest BCUT2D eigenvalue weighted by Gasteiger charge is 2.19. The summed E-state index contributed by atoms with van der Waals surface area (Å²) in [5.74, 6) is 0.847. The summed E-state index contributed by atoms with van der Waals surface area (Å²) in [5.41, 5.74) is 4.67. The van der Waals surface area contributed by atoms with Crippen LogP contribution in [0, 0.1) is 20.8 Å². The molecular formula is C22H25N3O2. The lowest BCUT2D eigenvalue weighted by molar-refractivity contribution is 0.0773. The van der Waals surface area contributed by atoms with Crippen LogP contribution in [-0.4, -0.2) is 40.6 Å². The monoisotopic (exact) mass is 363 g/mol. The molecule has 2 heterocycles. The fraction of sp³-hybridized carbons (Fsp3) is 0.273. The molecule has 0 N–H and O–H groups in total. The van der Waals surface area contributed by atoms with Crippen molar-refractivity contribution in [1.29, 1.82) is 0 Å². The van der Waals surface area contributed by atoms with E-state index in [1.807, 2.05) is 63.2 Å². The summed E-state index contributed by atoms with van der Waals surface area (Å²) in [6.07, 6.45) is 3.54. The second-order valence-corrected chi connectivity index (χ2v) is 6.67. The molecule has 0 fully saturated rings. The molecule has 3 rings (SSSR count). The van der Waals surface area contributed by atoms with Crippen LogP contribution in [0.1, 0.15) is 27.3 Å². The van der Waals surface area contributed by atoms with E-state index in [2.05, 4.69) is 9.55 Å². The predicted octanol–water partition coefficient (Wildman–Crippen LogP) is 3.95. The first-order valence-electron chi connectivity index (χ1n) is 9.02. The average molecular weight is 363 g/mol. The van der Waals surface area contributed by atoms with Crippen LogP contribution < -0.4 is 4.74 Å². The van der Waals surface area contributed by atoms with Gasteiger partial charge in [0.2, 0.25) is 0 Å². The molecule has 1 amide bonds. The van der Waals surface area contributed by atoms with Gasteiger partial charge in [-0.3, -0.25) is 9.78 Å². The Hall–Kier alpha value is -3.08. The maximum atomic E-state index is 12.9. The molecule has 0 saturated heterocycles. The molecule has 0 bridgehead atoms. The number of carbonyl (C=O) groups is 1. The summed E-state index contributed by atoms with van der Waals surface area (Å²) in [6.45, 7) is 6.94. The van der Waals surface area contributed by atoms with Gasteiger partial charge in [-0.05, 0) is 50.6 Å². The van der Waals surface area contributed by atoms with E-state index in [4.69, 9.17) is 4.74 Å². The van der Waals surface area contributed by atoms with Crippen LogP contribution in [-0.2, 0) is 0 Å². The number of aromatic nitrogens is 2. The lowest BCUT2D eigenvalue weighted by Crippen LogP contribution is -2.31. The van der Waals surface area contributed by atoms with Crippen LogP contribution in [0.5, 0.6) is 5.75 Å². The average Bonchev–Trinajstić information content (AvgIpc) is 2.97. The zero-order valence-corrected chi connectivity index (χ0v) is 16.3. The molecule has 0 spiro atoms. The number of hydrogen-bond donors (Lipinski definition) is 0. The van der Waals surface area contributed by atoms with E-state index in [-0.39, 0.29) is 5.91 Å². The standard InChI is InChI=1S/C22H25N3O2/c1-16-8-5-6-10-21(16)27-13-12-24(4)22(26)20-14-17(2)25(18(20)3)19-9-7-11-23-15-19/h5-11,14-15H,12-13H2,1-4H3. The summed E-state index contributed by atoms with van der Waals surface area (Å²) in [4.78, 5) is 18.8. The van der Waals surface area contributed by atoms with Gasteiger partial charge in [0.05, 0.1) is 24.0 Å². The summed E-state index contributed by atoms with van der Waals surface area (Å²) < 4.78 is 7.87. The van der Waals surface area contributed by atoms with Crippen LogP contribution in [0.15, 0.2) is 54.9 Å². The van der Waals surface area contributed by atoms with Crippen LogP contribution in [0.3, 0.4) is 0 Å². The lowest BCUT2D eigenvalue weighted by Gasteiger charge is -2.18. The third-order valence-electron chi connectivity index (χ3n) is 4.69. The number of carbonyl (C=O) groups excluding carboxylic acids is 1. The van der Waals surface area contributed by atoms with Crippen molar-refractivity contribution in [1.82, 2.24) is 14.5 Å². The van der Waals surface area contributed by atoms with Crippen LogP contribution in [0.25, 0.3) is 5.69 Å². The molecule has 0 unspecified atom stereocenters. The number of para-hydroxylation sites is 1. The number of amides is 1. The number of aryl methyl sites for hydroxylation is 2. The van der Waals surface area contributed by atoms with E-state index in [9.17, 15) is 4.79 Å². The molecule has 5 nitrogen and oxygen atoms in total. The first-order chi connectivity index (χ1) is 13.0. The molecule has 5 heteroatoms. The number of nitrogens with zero attached hydrogens (tertiary/aromatic N) is 3. The van der Waals surface area contributed by atoms with Crippen molar-refractivity contribution in [3.63, 3.8) is 0 Å². The van der Waals surface area contributed by atoms with Gasteiger partial charge in [-0.15, -0.1) is 0 Å². The topological polar surface area (TPSA) is 47.4 Å². The highest BCUT2D eigenvalue weighted by molar-refractivity contribution is 5.95. The number of benzene rings is 1. The van der Waals surface area contributed by atoms with Crippen molar-refractivity contribution in [2.45, 2.75) is 20.8 Å². The largest absolute Gasteiger partial charge is 0.491 e. The zero-order valence-electron chi connectivity index (χ0n) is 16.3. The summed E-state index contributed by atoms with van der Waals surface area (Å²) in [7, 11) is 1.81. The van der Waals surface area contributed by atoms with Gasteiger partial charge < -0.3 is 14.2 Å². The SMILES string of the molecule is Cc1ccccc1OCCN(C)C(=O)c1cc(C)n(-c2cccnc2)c1C.